The molecule has 6 heteroatoms. The highest BCUT2D eigenvalue weighted by Gasteiger charge is 2.21. The summed E-state index contributed by atoms with van der Waals surface area (Å²) >= 11 is 0. The van der Waals surface area contributed by atoms with Crippen LogP contribution in [0.4, 0.5) is 5.69 Å². The summed E-state index contributed by atoms with van der Waals surface area (Å²) in [4.78, 5) is 4.26. The van der Waals surface area contributed by atoms with E-state index in [1.807, 2.05) is 25.1 Å². The molecule has 0 fully saturated rings. The second kappa shape index (κ2) is 6.24. The molecule has 2 aromatic rings. The van der Waals surface area contributed by atoms with E-state index in [0.29, 0.717) is 5.69 Å². The number of hydrogen-bond donors (Lipinski definition) is 1. The molecule has 1 aromatic carbocycles. The number of nitrogens with one attached hydrogen (secondary N) is 1. The van der Waals surface area contributed by atoms with Gasteiger partial charge in [-0.05, 0) is 36.8 Å². The molecule has 2 rings (SSSR count). The van der Waals surface area contributed by atoms with Gasteiger partial charge in [-0.25, -0.2) is 12.7 Å². The first-order valence-corrected chi connectivity index (χ1v) is 8.05. The average molecular weight is 305 g/mol. The normalized spacial score (nSPS) is 13.1. The molecule has 5 nitrogen and oxygen atoms in total. The van der Waals surface area contributed by atoms with Crippen LogP contribution in [-0.2, 0) is 10.0 Å². The number of hydrogen-bond acceptors (Lipinski definition) is 4. The number of anilines is 1. The van der Waals surface area contributed by atoms with Crippen molar-refractivity contribution >= 4 is 15.7 Å². The molecule has 0 saturated heterocycles. The van der Waals surface area contributed by atoms with Crippen molar-refractivity contribution in [1.29, 1.82) is 0 Å². The molecule has 1 aromatic heterocycles. The van der Waals surface area contributed by atoms with E-state index in [4.69, 9.17) is 0 Å². The molecule has 0 bridgehead atoms. The number of para-hydroxylation sites is 1. The van der Waals surface area contributed by atoms with Crippen LogP contribution >= 0.6 is 0 Å². The zero-order chi connectivity index (χ0) is 15.5. The molecule has 1 atom stereocenters. The minimum atomic E-state index is -3.48. The van der Waals surface area contributed by atoms with Crippen molar-refractivity contribution in [3.05, 3.63) is 54.4 Å². The Hall–Kier alpha value is -1.92. The van der Waals surface area contributed by atoms with E-state index in [0.717, 1.165) is 5.56 Å². The molecule has 1 heterocycles. The van der Waals surface area contributed by atoms with Crippen molar-refractivity contribution in [2.45, 2.75) is 17.9 Å². The summed E-state index contributed by atoms with van der Waals surface area (Å²) in [5.74, 6) is 0. The lowest BCUT2D eigenvalue weighted by molar-refractivity contribution is 0.521. The van der Waals surface area contributed by atoms with Gasteiger partial charge >= 0.3 is 0 Å². The van der Waals surface area contributed by atoms with Gasteiger partial charge in [0, 0.05) is 32.5 Å². The van der Waals surface area contributed by atoms with E-state index in [2.05, 4.69) is 10.3 Å². The standard InChI is InChI=1S/C15H19N3O2S/c1-12(13-8-10-16-11-9-13)17-14-6-4-5-7-15(14)21(19,20)18(2)3/h4-12,17H,1-3H3. The molecule has 0 spiro atoms. The van der Waals surface area contributed by atoms with Crippen LogP contribution in [0.5, 0.6) is 0 Å². The first kappa shape index (κ1) is 15.5. The lowest BCUT2D eigenvalue weighted by atomic mass is 10.1. The summed E-state index contributed by atoms with van der Waals surface area (Å²) in [7, 11) is -0.424. The number of benzene rings is 1. The second-order valence-electron chi connectivity index (χ2n) is 4.93. The Morgan fingerprint density at radius 1 is 1.10 bits per heavy atom. The Balaban J connectivity index is 2.34. The summed E-state index contributed by atoms with van der Waals surface area (Å²) in [6.45, 7) is 1.98. The molecule has 1 N–H and O–H groups in total. The predicted octanol–water partition coefficient (Wildman–Crippen LogP) is 2.51. The van der Waals surface area contributed by atoms with Crippen molar-refractivity contribution in [1.82, 2.24) is 9.29 Å². The van der Waals surface area contributed by atoms with Crippen LogP contribution in [0, 0.1) is 0 Å². The van der Waals surface area contributed by atoms with Gasteiger partial charge in [0.25, 0.3) is 0 Å². The van der Waals surface area contributed by atoms with Gasteiger partial charge in [0.05, 0.1) is 5.69 Å². The third kappa shape index (κ3) is 3.40. The van der Waals surface area contributed by atoms with E-state index >= 15 is 0 Å². The van der Waals surface area contributed by atoms with Gasteiger partial charge in [-0.2, -0.15) is 0 Å². The van der Waals surface area contributed by atoms with Crippen LogP contribution in [-0.4, -0.2) is 31.8 Å². The zero-order valence-corrected chi connectivity index (χ0v) is 13.1. The number of nitrogens with zero attached hydrogens (tertiary/aromatic N) is 2. The summed E-state index contributed by atoms with van der Waals surface area (Å²) < 4.78 is 25.9. The quantitative estimate of drug-likeness (QED) is 0.922. The maximum atomic E-state index is 12.3. The van der Waals surface area contributed by atoms with Crippen LogP contribution in [0.1, 0.15) is 18.5 Å². The smallest absolute Gasteiger partial charge is 0.244 e. The molecular formula is C15H19N3O2S. The van der Waals surface area contributed by atoms with Gasteiger partial charge in [0.15, 0.2) is 0 Å². The summed E-state index contributed by atoms with van der Waals surface area (Å²) in [6.07, 6.45) is 3.44. The van der Waals surface area contributed by atoms with Crippen LogP contribution < -0.4 is 5.32 Å². The largest absolute Gasteiger partial charge is 0.377 e. The van der Waals surface area contributed by atoms with Crippen LogP contribution in [0.2, 0.25) is 0 Å². The molecule has 0 amide bonds. The maximum absolute atomic E-state index is 12.3. The molecule has 0 saturated carbocycles. The Morgan fingerprint density at radius 2 is 1.71 bits per heavy atom. The van der Waals surface area contributed by atoms with Crippen molar-refractivity contribution in [3.63, 3.8) is 0 Å². The van der Waals surface area contributed by atoms with Gasteiger partial charge < -0.3 is 5.32 Å². The fraction of sp³-hybridized carbons (Fsp3) is 0.267. The van der Waals surface area contributed by atoms with E-state index in [1.165, 1.54) is 18.4 Å². The fourth-order valence-electron chi connectivity index (χ4n) is 1.98. The van der Waals surface area contributed by atoms with Gasteiger partial charge in [-0.1, -0.05) is 12.1 Å². The highest BCUT2D eigenvalue weighted by atomic mass is 32.2. The van der Waals surface area contributed by atoms with Crippen LogP contribution in [0.3, 0.4) is 0 Å². The first-order valence-electron chi connectivity index (χ1n) is 6.61. The Bertz CT molecular complexity index is 700. The minimum absolute atomic E-state index is 0.0217. The van der Waals surface area contributed by atoms with Gasteiger partial charge in [0.2, 0.25) is 10.0 Å². The third-order valence-electron chi connectivity index (χ3n) is 3.22. The van der Waals surface area contributed by atoms with E-state index in [9.17, 15) is 8.42 Å². The van der Waals surface area contributed by atoms with E-state index < -0.39 is 10.0 Å². The SMILES string of the molecule is CC(Nc1ccccc1S(=O)(=O)N(C)C)c1ccncc1. The lowest BCUT2D eigenvalue weighted by Crippen LogP contribution is -2.23. The fourth-order valence-corrected chi connectivity index (χ4v) is 3.03. The van der Waals surface area contributed by atoms with Crippen molar-refractivity contribution in [2.75, 3.05) is 19.4 Å². The first-order chi connectivity index (χ1) is 9.93. The van der Waals surface area contributed by atoms with Crippen molar-refractivity contribution in [2.24, 2.45) is 0 Å². The molecule has 0 aliphatic heterocycles. The number of pyridine rings is 1. The number of sulfonamides is 1. The third-order valence-corrected chi connectivity index (χ3v) is 5.10. The van der Waals surface area contributed by atoms with Gasteiger partial charge in [0.1, 0.15) is 4.90 Å². The van der Waals surface area contributed by atoms with Crippen LogP contribution in [0.25, 0.3) is 0 Å². The summed E-state index contributed by atoms with van der Waals surface area (Å²) in [6, 6.07) is 10.7. The van der Waals surface area contributed by atoms with E-state index in [-0.39, 0.29) is 10.9 Å². The second-order valence-corrected chi connectivity index (χ2v) is 7.05. The molecule has 112 valence electrons. The highest BCUT2D eigenvalue weighted by Crippen LogP contribution is 2.26. The monoisotopic (exact) mass is 305 g/mol. The average Bonchev–Trinajstić information content (AvgIpc) is 2.48. The van der Waals surface area contributed by atoms with Crippen molar-refractivity contribution < 1.29 is 8.42 Å². The topological polar surface area (TPSA) is 62.3 Å². The van der Waals surface area contributed by atoms with E-state index in [1.54, 1.807) is 30.6 Å². The Labute approximate surface area is 125 Å². The Kier molecular flexibility index (Phi) is 4.59. The number of rotatable bonds is 5. The molecular weight excluding hydrogens is 286 g/mol. The summed E-state index contributed by atoms with van der Waals surface area (Å²) in [5.41, 5.74) is 1.64. The summed E-state index contributed by atoms with van der Waals surface area (Å²) in [5, 5.41) is 3.25. The maximum Gasteiger partial charge on any atom is 0.244 e. The molecule has 0 radical (unpaired) electrons. The predicted molar refractivity (Wildman–Crippen MR) is 83.6 cm³/mol. The highest BCUT2D eigenvalue weighted by molar-refractivity contribution is 7.89. The molecule has 21 heavy (non-hydrogen) atoms. The lowest BCUT2D eigenvalue weighted by Gasteiger charge is -2.20. The molecule has 0 aliphatic rings. The van der Waals surface area contributed by atoms with Crippen molar-refractivity contribution in [3.8, 4) is 0 Å². The van der Waals surface area contributed by atoms with Gasteiger partial charge in [-0.3, -0.25) is 4.98 Å². The van der Waals surface area contributed by atoms with Gasteiger partial charge in [-0.15, -0.1) is 0 Å². The minimum Gasteiger partial charge on any atom is -0.377 e. The van der Waals surface area contributed by atoms with Crippen LogP contribution in [0.15, 0.2) is 53.7 Å². The number of aromatic nitrogens is 1. The Morgan fingerprint density at radius 3 is 2.33 bits per heavy atom. The zero-order valence-electron chi connectivity index (χ0n) is 12.3. The molecule has 1 unspecified atom stereocenters. The molecule has 0 aliphatic carbocycles.